The number of benzene rings is 1. The minimum atomic E-state index is -3.31. The summed E-state index contributed by atoms with van der Waals surface area (Å²) in [6.45, 7) is 0.460. The van der Waals surface area contributed by atoms with Gasteiger partial charge in [-0.2, -0.15) is 0 Å². The second-order valence-electron chi connectivity index (χ2n) is 4.13. The highest BCUT2D eigenvalue weighted by atomic mass is 32.2. The molecule has 0 aliphatic heterocycles. The molecule has 0 bridgehead atoms. The fraction of sp³-hybridized carbons (Fsp3) is 0.417. The van der Waals surface area contributed by atoms with Crippen molar-refractivity contribution in [2.75, 3.05) is 26.5 Å². The lowest BCUT2D eigenvalue weighted by molar-refractivity contribution is 0.215. The molecular formula is C12H18N2O3S2. The van der Waals surface area contributed by atoms with E-state index in [-0.39, 0.29) is 18.9 Å². The molecular weight excluding hydrogens is 284 g/mol. The van der Waals surface area contributed by atoms with Crippen LogP contribution in [0.5, 0.6) is 0 Å². The van der Waals surface area contributed by atoms with Gasteiger partial charge in [-0.1, -0.05) is 30.4 Å². The maximum absolute atomic E-state index is 11.9. The zero-order chi connectivity index (χ0) is 14.5. The Bertz CT molecular complexity index is 544. The minimum absolute atomic E-state index is 0.0327. The first kappa shape index (κ1) is 16.0. The van der Waals surface area contributed by atoms with E-state index >= 15 is 0 Å². The summed E-state index contributed by atoms with van der Waals surface area (Å²) in [6, 6.07) is 7.24. The van der Waals surface area contributed by atoms with Gasteiger partial charge in [0.2, 0.25) is 10.0 Å². The molecule has 0 atom stereocenters. The van der Waals surface area contributed by atoms with Gasteiger partial charge >= 0.3 is 0 Å². The van der Waals surface area contributed by atoms with Crippen LogP contribution in [0.15, 0.2) is 24.3 Å². The van der Waals surface area contributed by atoms with Gasteiger partial charge in [0.25, 0.3) is 0 Å². The second kappa shape index (κ2) is 6.95. The third kappa shape index (κ3) is 4.87. The van der Waals surface area contributed by atoms with E-state index in [2.05, 4.69) is 0 Å². The first-order valence-electron chi connectivity index (χ1n) is 5.68. The van der Waals surface area contributed by atoms with Crippen LogP contribution in [0.3, 0.4) is 0 Å². The molecule has 1 aromatic carbocycles. The van der Waals surface area contributed by atoms with Crippen LogP contribution in [-0.4, -0.2) is 44.2 Å². The standard InChI is InChI=1S/C12H18N2O3S2/c1-14(19(15,16)7-6-17-2)9-10-4-3-5-11(8-10)12(13)18/h3-5,8H,6-7,9H2,1-2H3,(H2,13,18). The van der Waals surface area contributed by atoms with Crippen molar-refractivity contribution in [3.63, 3.8) is 0 Å². The fourth-order valence-electron chi connectivity index (χ4n) is 1.52. The quantitative estimate of drug-likeness (QED) is 0.752. The summed E-state index contributed by atoms with van der Waals surface area (Å²) in [5.74, 6) is -0.0327. The highest BCUT2D eigenvalue weighted by Gasteiger charge is 2.17. The topological polar surface area (TPSA) is 72.6 Å². The van der Waals surface area contributed by atoms with E-state index in [9.17, 15) is 8.42 Å². The maximum atomic E-state index is 11.9. The van der Waals surface area contributed by atoms with E-state index in [4.69, 9.17) is 22.7 Å². The summed E-state index contributed by atoms with van der Waals surface area (Å²) < 4.78 is 29.9. The van der Waals surface area contributed by atoms with Gasteiger partial charge in [-0.3, -0.25) is 0 Å². The molecule has 0 fully saturated rings. The van der Waals surface area contributed by atoms with Gasteiger partial charge in [-0.15, -0.1) is 0 Å². The average molecular weight is 302 g/mol. The molecule has 0 amide bonds. The third-order valence-electron chi connectivity index (χ3n) is 2.64. The Labute approximate surface area is 119 Å². The Hall–Kier alpha value is -1.02. The Morgan fingerprint density at radius 1 is 1.47 bits per heavy atom. The minimum Gasteiger partial charge on any atom is -0.389 e. The Balaban J connectivity index is 2.79. The van der Waals surface area contributed by atoms with Gasteiger partial charge in [-0.25, -0.2) is 12.7 Å². The number of rotatable bonds is 7. The SMILES string of the molecule is COCCS(=O)(=O)N(C)Cc1cccc(C(N)=S)c1. The van der Waals surface area contributed by atoms with Crippen LogP contribution in [0.1, 0.15) is 11.1 Å². The lowest BCUT2D eigenvalue weighted by atomic mass is 10.1. The zero-order valence-corrected chi connectivity index (χ0v) is 12.6. The molecule has 0 saturated carbocycles. The summed E-state index contributed by atoms with van der Waals surface area (Å²) in [7, 11) is -0.296. The molecule has 7 heteroatoms. The van der Waals surface area contributed by atoms with Crippen molar-refractivity contribution in [2.45, 2.75) is 6.54 Å². The van der Waals surface area contributed by atoms with E-state index in [1.165, 1.54) is 11.4 Å². The van der Waals surface area contributed by atoms with Crippen LogP contribution in [0.4, 0.5) is 0 Å². The number of nitrogens with two attached hydrogens (primary N) is 1. The average Bonchev–Trinajstić information content (AvgIpc) is 2.36. The van der Waals surface area contributed by atoms with E-state index in [1.54, 1.807) is 25.2 Å². The molecule has 0 radical (unpaired) electrons. The van der Waals surface area contributed by atoms with Crippen molar-refractivity contribution >= 4 is 27.2 Å². The summed E-state index contributed by atoms with van der Waals surface area (Å²) >= 11 is 4.90. The van der Waals surface area contributed by atoms with E-state index in [0.29, 0.717) is 4.99 Å². The molecule has 0 aromatic heterocycles. The van der Waals surface area contributed by atoms with Crippen molar-refractivity contribution in [2.24, 2.45) is 5.73 Å². The van der Waals surface area contributed by atoms with Gasteiger partial charge in [0.15, 0.2) is 0 Å². The highest BCUT2D eigenvalue weighted by Crippen LogP contribution is 2.10. The van der Waals surface area contributed by atoms with Crippen LogP contribution in [0, 0.1) is 0 Å². The molecule has 1 rings (SSSR count). The summed E-state index contributed by atoms with van der Waals surface area (Å²) in [5.41, 5.74) is 7.12. The van der Waals surface area contributed by atoms with Gasteiger partial charge < -0.3 is 10.5 Å². The molecule has 1 aromatic rings. The fourth-order valence-corrected chi connectivity index (χ4v) is 2.68. The van der Waals surface area contributed by atoms with Crippen molar-refractivity contribution in [1.82, 2.24) is 4.31 Å². The van der Waals surface area contributed by atoms with Crippen molar-refractivity contribution in [3.05, 3.63) is 35.4 Å². The number of thiocarbonyl (C=S) groups is 1. The van der Waals surface area contributed by atoms with Crippen molar-refractivity contribution in [3.8, 4) is 0 Å². The van der Waals surface area contributed by atoms with E-state index in [0.717, 1.165) is 11.1 Å². The molecule has 106 valence electrons. The van der Waals surface area contributed by atoms with Crippen molar-refractivity contribution in [1.29, 1.82) is 0 Å². The number of hydrogen-bond donors (Lipinski definition) is 1. The van der Waals surface area contributed by atoms with Crippen molar-refractivity contribution < 1.29 is 13.2 Å². The molecule has 0 saturated heterocycles. The van der Waals surface area contributed by atoms with Crippen LogP contribution in [0.2, 0.25) is 0 Å². The molecule has 19 heavy (non-hydrogen) atoms. The van der Waals surface area contributed by atoms with Crippen LogP contribution in [0.25, 0.3) is 0 Å². The Morgan fingerprint density at radius 3 is 2.74 bits per heavy atom. The first-order chi connectivity index (χ1) is 8.86. The number of hydrogen-bond acceptors (Lipinski definition) is 4. The Kier molecular flexibility index (Phi) is 5.86. The predicted molar refractivity (Wildman–Crippen MR) is 79.5 cm³/mol. The van der Waals surface area contributed by atoms with Crippen LogP contribution >= 0.6 is 12.2 Å². The molecule has 0 spiro atoms. The highest BCUT2D eigenvalue weighted by molar-refractivity contribution is 7.89. The first-order valence-corrected chi connectivity index (χ1v) is 7.70. The number of sulfonamides is 1. The molecule has 0 heterocycles. The monoisotopic (exact) mass is 302 g/mol. The van der Waals surface area contributed by atoms with E-state index in [1.807, 2.05) is 6.07 Å². The zero-order valence-electron chi connectivity index (χ0n) is 11.0. The summed E-state index contributed by atoms with van der Waals surface area (Å²) in [4.78, 5) is 0.298. The summed E-state index contributed by atoms with van der Waals surface area (Å²) in [6.07, 6.45) is 0. The largest absolute Gasteiger partial charge is 0.389 e. The lowest BCUT2D eigenvalue weighted by Gasteiger charge is -2.17. The predicted octanol–water partition coefficient (Wildman–Crippen LogP) is 0.729. The number of nitrogens with zero attached hydrogens (tertiary/aromatic N) is 1. The summed E-state index contributed by atoms with van der Waals surface area (Å²) in [5, 5.41) is 0. The van der Waals surface area contributed by atoms with Gasteiger partial charge in [0.05, 0.1) is 12.4 Å². The molecule has 0 aliphatic carbocycles. The molecule has 0 aliphatic rings. The Morgan fingerprint density at radius 2 is 2.16 bits per heavy atom. The molecule has 5 nitrogen and oxygen atoms in total. The normalized spacial score (nSPS) is 11.7. The van der Waals surface area contributed by atoms with Gasteiger partial charge in [0, 0.05) is 26.3 Å². The number of methoxy groups -OCH3 is 1. The number of ether oxygens (including phenoxy) is 1. The lowest BCUT2D eigenvalue weighted by Crippen LogP contribution is -2.30. The van der Waals surface area contributed by atoms with Crippen LogP contribution < -0.4 is 5.73 Å². The smallest absolute Gasteiger partial charge is 0.216 e. The second-order valence-corrected chi connectivity index (χ2v) is 6.76. The van der Waals surface area contributed by atoms with Crippen LogP contribution in [-0.2, 0) is 21.3 Å². The maximum Gasteiger partial charge on any atom is 0.216 e. The van der Waals surface area contributed by atoms with Gasteiger partial charge in [0.1, 0.15) is 4.99 Å². The van der Waals surface area contributed by atoms with E-state index < -0.39 is 10.0 Å². The molecule has 0 unspecified atom stereocenters. The van der Waals surface area contributed by atoms with Gasteiger partial charge in [-0.05, 0) is 11.6 Å². The third-order valence-corrected chi connectivity index (χ3v) is 4.63. The molecule has 2 N–H and O–H groups in total.